The minimum absolute atomic E-state index is 0.124. The molecule has 1 aliphatic carbocycles. The third-order valence-corrected chi connectivity index (χ3v) is 4.55. The number of ether oxygens (including phenoxy) is 1. The van der Waals surface area contributed by atoms with Gasteiger partial charge in [0.05, 0.1) is 18.6 Å². The normalized spacial score (nSPS) is 44.2. The highest BCUT2D eigenvalue weighted by molar-refractivity contribution is 6.32. The Morgan fingerprint density at radius 3 is 2.60 bits per heavy atom. The molecule has 1 unspecified atom stereocenters. The number of nitrogens with zero attached hydrogens (tertiary/aromatic N) is 1. The molecular formula is C10H18Cl2N2O. The van der Waals surface area contributed by atoms with Crippen molar-refractivity contribution in [1.29, 1.82) is 0 Å². The van der Waals surface area contributed by atoms with E-state index in [4.69, 9.17) is 33.7 Å². The first-order valence-electron chi connectivity index (χ1n) is 5.53. The van der Waals surface area contributed by atoms with Gasteiger partial charge in [0.25, 0.3) is 0 Å². The quantitative estimate of drug-likeness (QED) is 0.566. The number of hydrogen-bond acceptors (Lipinski definition) is 3. The second kappa shape index (κ2) is 4.76. The van der Waals surface area contributed by atoms with Crippen molar-refractivity contribution in [2.24, 2.45) is 5.73 Å². The van der Waals surface area contributed by atoms with Crippen LogP contribution in [0.15, 0.2) is 0 Å². The van der Waals surface area contributed by atoms with E-state index in [1.165, 1.54) is 0 Å². The predicted molar refractivity (Wildman–Crippen MR) is 62.4 cm³/mol. The summed E-state index contributed by atoms with van der Waals surface area (Å²) in [5.74, 6) is 0. The van der Waals surface area contributed by atoms with Crippen LogP contribution in [-0.2, 0) is 4.74 Å². The van der Waals surface area contributed by atoms with E-state index in [2.05, 4.69) is 4.90 Å². The molecule has 0 aromatic carbocycles. The molecule has 3 atom stereocenters. The highest BCUT2D eigenvalue weighted by Gasteiger charge is 2.39. The van der Waals surface area contributed by atoms with Crippen molar-refractivity contribution in [2.75, 3.05) is 26.3 Å². The maximum Gasteiger partial charge on any atom is 0.108 e. The van der Waals surface area contributed by atoms with Gasteiger partial charge < -0.3 is 10.5 Å². The first kappa shape index (κ1) is 11.9. The fourth-order valence-corrected chi connectivity index (χ4v) is 2.88. The average molecular weight is 253 g/mol. The molecule has 1 saturated heterocycles. The van der Waals surface area contributed by atoms with Gasteiger partial charge in [-0.1, -0.05) is 0 Å². The van der Waals surface area contributed by atoms with Crippen LogP contribution in [0.1, 0.15) is 19.3 Å². The molecule has 2 N–H and O–H groups in total. The zero-order chi connectivity index (χ0) is 10.9. The van der Waals surface area contributed by atoms with Crippen LogP contribution >= 0.6 is 23.2 Å². The summed E-state index contributed by atoms with van der Waals surface area (Å²) in [6.45, 7) is 3.68. The first-order valence-corrected chi connectivity index (χ1v) is 6.35. The smallest absolute Gasteiger partial charge is 0.108 e. The van der Waals surface area contributed by atoms with Gasteiger partial charge in [-0.15, -0.1) is 23.2 Å². The van der Waals surface area contributed by atoms with Crippen LogP contribution < -0.4 is 5.73 Å². The van der Waals surface area contributed by atoms with Crippen molar-refractivity contribution in [2.45, 2.75) is 35.7 Å². The third-order valence-electron chi connectivity index (χ3n) is 3.42. The van der Waals surface area contributed by atoms with Crippen molar-refractivity contribution in [1.82, 2.24) is 4.90 Å². The minimum Gasteiger partial charge on any atom is -0.379 e. The molecule has 3 nitrogen and oxygen atoms in total. The van der Waals surface area contributed by atoms with E-state index >= 15 is 0 Å². The van der Waals surface area contributed by atoms with Crippen molar-refractivity contribution >= 4 is 23.2 Å². The zero-order valence-electron chi connectivity index (χ0n) is 8.79. The molecule has 1 heterocycles. The van der Waals surface area contributed by atoms with Crippen LogP contribution in [-0.4, -0.2) is 47.6 Å². The molecule has 0 radical (unpaired) electrons. The second-order valence-electron chi connectivity index (χ2n) is 4.47. The van der Waals surface area contributed by atoms with Gasteiger partial charge in [0.2, 0.25) is 0 Å². The van der Waals surface area contributed by atoms with Crippen LogP contribution in [0.3, 0.4) is 0 Å². The number of morpholine rings is 1. The van der Waals surface area contributed by atoms with Gasteiger partial charge >= 0.3 is 0 Å². The van der Waals surface area contributed by atoms with Crippen LogP contribution in [0.5, 0.6) is 0 Å². The Hall–Kier alpha value is 0.460. The predicted octanol–water partition coefficient (Wildman–Crippen LogP) is 1.37. The summed E-state index contributed by atoms with van der Waals surface area (Å²) in [6, 6.07) is 0.534. The molecule has 0 aromatic rings. The van der Waals surface area contributed by atoms with Crippen LogP contribution in [0.4, 0.5) is 0 Å². The summed E-state index contributed by atoms with van der Waals surface area (Å²) >= 11 is 12.3. The fraction of sp³-hybridized carbons (Fsp3) is 1.00. The Balaban J connectivity index is 1.90. The monoisotopic (exact) mass is 252 g/mol. The standard InChI is InChI=1S/C10H18Cl2N2O/c11-9-7-8(1-2-10(9,12)13)14-3-5-15-6-4-14/h8-9H,1-7,13H2/t8?,9-,10-/m1/s1. The van der Waals surface area contributed by atoms with E-state index in [0.717, 1.165) is 45.6 Å². The molecule has 0 aromatic heterocycles. The van der Waals surface area contributed by atoms with Gasteiger partial charge in [-0.05, 0) is 19.3 Å². The molecule has 0 bridgehead atoms. The van der Waals surface area contributed by atoms with Gasteiger partial charge in [0.1, 0.15) is 5.00 Å². The molecule has 2 fully saturated rings. The van der Waals surface area contributed by atoms with E-state index in [-0.39, 0.29) is 5.38 Å². The minimum atomic E-state index is -0.704. The van der Waals surface area contributed by atoms with E-state index in [1.54, 1.807) is 0 Å². The van der Waals surface area contributed by atoms with E-state index in [0.29, 0.717) is 6.04 Å². The largest absolute Gasteiger partial charge is 0.379 e. The lowest BCUT2D eigenvalue weighted by Crippen LogP contribution is -2.54. The Morgan fingerprint density at radius 1 is 1.33 bits per heavy atom. The Bertz CT molecular complexity index is 219. The van der Waals surface area contributed by atoms with Gasteiger partial charge in [-0.3, -0.25) is 4.90 Å². The molecule has 0 amide bonds. The van der Waals surface area contributed by atoms with Gasteiger partial charge in [0, 0.05) is 19.1 Å². The lowest BCUT2D eigenvalue weighted by molar-refractivity contribution is 0.00680. The maximum absolute atomic E-state index is 6.21. The summed E-state index contributed by atoms with van der Waals surface area (Å²) in [4.78, 5) is 1.75. The molecule has 5 heteroatoms. The molecule has 2 rings (SSSR count). The number of rotatable bonds is 1. The molecular weight excluding hydrogens is 235 g/mol. The second-order valence-corrected chi connectivity index (χ2v) is 5.70. The molecule has 15 heavy (non-hydrogen) atoms. The summed E-state index contributed by atoms with van der Waals surface area (Å²) in [5.41, 5.74) is 5.90. The van der Waals surface area contributed by atoms with E-state index in [1.807, 2.05) is 0 Å². The van der Waals surface area contributed by atoms with E-state index < -0.39 is 5.00 Å². The zero-order valence-corrected chi connectivity index (χ0v) is 10.3. The van der Waals surface area contributed by atoms with Gasteiger partial charge in [-0.25, -0.2) is 0 Å². The number of halogens is 2. The average Bonchev–Trinajstić information content (AvgIpc) is 2.23. The van der Waals surface area contributed by atoms with Crippen molar-refractivity contribution < 1.29 is 4.74 Å². The van der Waals surface area contributed by atoms with E-state index in [9.17, 15) is 0 Å². The van der Waals surface area contributed by atoms with Gasteiger partial charge in [-0.2, -0.15) is 0 Å². The highest BCUT2D eigenvalue weighted by Crippen LogP contribution is 2.35. The maximum atomic E-state index is 6.21. The first-order chi connectivity index (χ1) is 7.09. The number of nitrogens with two attached hydrogens (primary N) is 1. The lowest BCUT2D eigenvalue weighted by Gasteiger charge is -2.42. The topological polar surface area (TPSA) is 38.5 Å². The Morgan fingerprint density at radius 2 is 2.00 bits per heavy atom. The van der Waals surface area contributed by atoms with Crippen molar-refractivity contribution in [3.05, 3.63) is 0 Å². The van der Waals surface area contributed by atoms with Crippen molar-refractivity contribution in [3.63, 3.8) is 0 Å². The fourth-order valence-electron chi connectivity index (χ4n) is 2.37. The van der Waals surface area contributed by atoms with Crippen LogP contribution in [0, 0.1) is 0 Å². The third kappa shape index (κ3) is 2.77. The van der Waals surface area contributed by atoms with Crippen LogP contribution in [0.2, 0.25) is 0 Å². The van der Waals surface area contributed by atoms with Gasteiger partial charge in [0.15, 0.2) is 0 Å². The number of alkyl halides is 2. The summed E-state index contributed by atoms with van der Waals surface area (Å²) < 4.78 is 5.33. The summed E-state index contributed by atoms with van der Waals surface area (Å²) in [7, 11) is 0. The SMILES string of the molecule is N[C@]1(Cl)CCC(N2CCOCC2)C[C@H]1Cl. The summed E-state index contributed by atoms with van der Waals surface area (Å²) in [6.07, 6.45) is 2.73. The molecule has 0 spiro atoms. The molecule has 1 aliphatic heterocycles. The molecule has 2 aliphatic rings. The Labute approximate surface area is 101 Å². The van der Waals surface area contributed by atoms with Crippen molar-refractivity contribution in [3.8, 4) is 0 Å². The van der Waals surface area contributed by atoms with Crippen LogP contribution in [0.25, 0.3) is 0 Å². The Kier molecular flexibility index (Phi) is 3.79. The molecule has 1 saturated carbocycles. The molecule has 88 valence electrons. The lowest BCUT2D eigenvalue weighted by atomic mass is 9.89. The number of hydrogen-bond donors (Lipinski definition) is 1. The highest BCUT2D eigenvalue weighted by atomic mass is 35.5. The summed E-state index contributed by atoms with van der Waals surface area (Å²) in [5, 5.41) is -0.124.